The lowest BCUT2D eigenvalue weighted by atomic mass is 9.81. The third-order valence-corrected chi connectivity index (χ3v) is 3.39. The molecule has 0 saturated carbocycles. The number of carbonyl (C=O) groups is 1. The van der Waals surface area contributed by atoms with Crippen LogP contribution in [0.2, 0.25) is 5.02 Å². The smallest absolute Gasteiger partial charge is 0.306 e. The molecule has 0 saturated heterocycles. The Balaban J connectivity index is 2.88. The van der Waals surface area contributed by atoms with Crippen molar-refractivity contribution in [3.8, 4) is 0 Å². The quantitative estimate of drug-likeness (QED) is 0.668. The van der Waals surface area contributed by atoms with Crippen molar-refractivity contribution in [2.24, 2.45) is 11.1 Å². The summed E-state index contributed by atoms with van der Waals surface area (Å²) >= 11 is 5.88. The Bertz CT molecular complexity index is 506. The third kappa shape index (κ3) is 4.42. The molecule has 0 aromatic heterocycles. The normalized spacial score (nSPS) is 13.2. The van der Waals surface area contributed by atoms with Gasteiger partial charge in [0.2, 0.25) is 0 Å². The van der Waals surface area contributed by atoms with Crippen LogP contribution >= 0.6 is 11.6 Å². The standard InChI is InChI=1S/C14H18ClF2NO2/c1-14(2,7-13(19)20-3)6-12(18)8-4-10(16)11(17)5-9(8)15/h4-5,12H,6-7,18H2,1-3H3. The number of benzene rings is 1. The molecule has 1 aromatic carbocycles. The van der Waals surface area contributed by atoms with Crippen LogP contribution in [0.1, 0.15) is 38.3 Å². The van der Waals surface area contributed by atoms with E-state index in [-0.39, 0.29) is 17.4 Å². The Hall–Kier alpha value is -1.20. The Morgan fingerprint density at radius 2 is 1.95 bits per heavy atom. The first-order valence-electron chi connectivity index (χ1n) is 6.13. The summed E-state index contributed by atoms with van der Waals surface area (Å²) in [5.74, 6) is -2.36. The van der Waals surface area contributed by atoms with E-state index in [1.165, 1.54) is 7.11 Å². The number of ether oxygens (including phenoxy) is 1. The number of hydrogen-bond acceptors (Lipinski definition) is 3. The molecule has 0 radical (unpaired) electrons. The molecule has 1 aromatic rings. The number of hydrogen-bond donors (Lipinski definition) is 1. The zero-order valence-corrected chi connectivity index (χ0v) is 12.4. The molecular weight excluding hydrogens is 288 g/mol. The molecule has 20 heavy (non-hydrogen) atoms. The van der Waals surface area contributed by atoms with Crippen molar-refractivity contribution in [1.82, 2.24) is 0 Å². The van der Waals surface area contributed by atoms with Gasteiger partial charge in [0.25, 0.3) is 0 Å². The fraction of sp³-hybridized carbons (Fsp3) is 0.500. The molecule has 3 nitrogen and oxygen atoms in total. The topological polar surface area (TPSA) is 52.3 Å². The maximum Gasteiger partial charge on any atom is 0.306 e. The minimum atomic E-state index is -1.01. The van der Waals surface area contributed by atoms with Gasteiger partial charge in [-0.2, -0.15) is 0 Å². The van der Waals surface area contributed by atoms with Crippen LogP contribution in [0.15, 0.2) is 12.1 Å². The Kier molecular flexibility index (Phi) is 5.48. The fourth-order valence-electron chi connectivity index (χ4n) is 2.06. The average Bonchev–Trinajstić information content (AvgIpc) is 2.32. The minimum Gasteiger partial charge on any atom is -0.469 e. The second kappa shape index (κ2) is 6.50. The molecule has 0 aliphatic carbocycles. The number of halogens is 3. The zero-order chi connectivity index (χ0) is 15.5. The summed E-state index contributed by atoms with van der Waals surface area (Å²) in [5, 5.41) is 0.0743. The van der Waals surface area contributed by atoms with Gasteiger partial charge in [-0.3, -0.25) is 4.79 Å². The van der Waals surface area contributed by atoms with Crippen molar-refractivity contribution in [2.45, 2.75) is 32.7 Å². The zero-order valence-electron chi connectivity index (χ0n) is 11.7. The van der Waals surface area contributed by atoms with Gasteiger partial charge in [0, 0.05) is 11.1 Å². The summed E-state index contributed by atoms with van der Waals surface area (Å²) in [6.07, 6.45) is 0.561. The first-order valence-corrected chi connectivity index (χ1v) is 6.51. The highest BCUT2D eigenvalue weighted by Crippen LogP contribution is 2.35. The lowest BCUT2D eigenvalue weighted by molar-refractivity contribution is -0.143. The van der Waals surface area contributed by atoms with Gasteiger partial charge in [-0.25, -0.2) is 8.78 Å². The fourth-order valence-corrected chi connectivity index (χ4v) is 2.35. The molecule has 1 unspecified atom stereocenters. The minimum absolute atomic E-state index is 0.0743. The van der Waals surface area contributed by atoms with Gasteiger partial charge in [0.05, 0.1) is 13.5 Å². The summed E-state index contributed by atoms with van der Waals surface area (Å²) < 4.78 is 30.9. The lowest BCUT2D eigenvalue weighted by Crippen LogP contribution is -2.25. The molecule has 0 aliphatic heterocycles. The number of methoxy groups -OCH3 is 1. The third-order valence-electron chi connectivity index (χ3n) is 3.06. The monoisotopic (exact) mass is 305 g/mol. The summed E-state index contributed by atoms with van der Waals surface area (Å²) in [6.45, 7) is 3.69. The van der Waals surface area contributed by atoms with Crippen LogP contribution in [0.4, 0.5) is 8.78 Å². The van der Waals surface area contributed by atoms with Crippen molar-refractivity contribution < 1.29 is 18.3 Å². The summed E-state index contributed by atoms with van der Waals surface area (Å²) in [6, 6.07) is 1.30. The molecular formula is C14H18ClF2NO2. The van der Waals surface area contributed by atoms with Crippen molar-refractivity contribution >= 4 is 17.6 Å². The maximum atomic E-state index is 13.3. The predicted octanol–water partition coefficient (Wildman–Crippen LogP) is 3.60. The van der Waals surface area contributed by atoms with Gasteiger partial charge in [0.1, 0.15) is 0 Å². The molecule has 1 rings (SSSR count). The molecule has 0 aliphatic rings. The molecule has 0 spiro atoms. The van der Waals surface area contributed by atoms with Crippen LogP contribution in [0, 0.1) is 17.0 Å². The number of rotatable bonds is 5. The van der Waals surface area contributed by atoms with Gasteiger partial charge in [-0.15, -0.1) is 0 Å². The molecule has 1 atom stereocenters. The van der Waals surface area contributed by atoms with E-state index in [2.05, 4.69) is 4.74 Å². The number of esters is 1. The van der Waals surface area contributed by atoms with E-state index in [1.54, 1.807) is 0 Å². The van der Waals surface area contributed by atoms with E-state index in [0.717, 1.165) is 12.1 Å². The van der Waals surface area contributed by atoms with Gasteiger partial charge in [-0.05, 0) is 29.5 Å². The van der Waals surface area contributed by atoms with Crippen molar-refractivity contribution in [2.75, 3.05) is 7.11 Å². The number of carbonyl (C=O) groups excluding carboxylic acids is 1. The van der Waals surface area contributed by atoms with Gasteiger partial charge in [-0.1, -0.05) is 25.4 Å². The van der Waals surface area contributed by atoms with Crippen LogP contribution in [-0.2, 0) is 9.53 Å². The van der Waals surface area contributed by atoms with Crippen LogP contribution in [0.25, 0.3) is 0 Å². The highest BCUT2D eigenvalue weighted by Gasteiger charge is 2.27. The van der Waals surface area contributed by atoms with E-state index < -0.39 is 23.1 Å². The van der Waals surface area contributed by atoms with Crippen molar-refractivity contribution in [3.63, 3.8) is 0 Å². The van der Waals surface area contributed by atoms with E-state index in [9.17, 15) is 13.6 Å². The van der Waals surface area contributed by atoms with E-state index in [1.807, 2.05) is 13.8 Å². The Morgan fingerprint density at radius 3 is 2.50 bits per heavy atom. The van der Waals surface area contributed by atoms with Crippen LogP contribution in [0.3, 0.4) is 0 Å². The molecule has 0 amide bonds. The molecule has 0 heterocycles. The second-order valence-electron chi connectivity index (χ2n) is 5.52. The van der Waals surface area contributed by atoms with Crippen LogP contribution < -0.4 is 5.73 Å². The lowest BCUT2D eigenvalue weighted by Gasteiger charge is -2.27. The maximum absolute atomic E-state index is 13.3. The van der Waals surface area contributed by atoms with Gasteiger partial charge < -0.3 is 10.5 Å². The first kappa shape index (κ1) is 16.9. The molecule has 0 bridgehead atoms. The van der Waals surface area contributed by atoms with Crippen LogP contribution in [0.5, 0.6) is 0 Å². The highest BCUT2D eigenvalue weighted by molar-refractivity contribution is 6.31. The van der Waals surface area contributed by atoms with E-state index >= 15 is 0 Å². The Morgan fingerprint density at radius 1 is 1.40 bits per heavy atom. The average molecular weight is 306 g/mol. The molecule has 112 valence electrons. The summed E-state index contributed by atoms with van der Waals surface area (Å²) in [4.78, 5) is 11.3. The second-order valence-corrected chi connectivity index (χ2v) is 5.92. The first-order chi connectivity index (χ1) is 9.16. The van der Waals surface area contributed by atoms with Gasteiger partial charge in [0.15, 0.2) is 11.6 Å². The van der Waals surface area contributed by atoms with Gasteiger partial charge >= 0.3 is 5.97 Å². The predicted molar refractivity (Wildman–Crippen MR) is 73.3 cm³/mol. The molecule has 0 fully saturated rings. The summed E-state index contributed by atoms with van der Waals surface area (Å²) in [5.41, 5.74) is 5.87. The molecule has 2 N–H and O–H groups in total. The SMILES string of the molecule is COC(=O)CC(C)(C)CC(N)c1cc(F)c(F)cc1Cl. The van der Waals surface area contributed by atoms with E-state index in [4.69, 9.17) is 17.3 Å². The molecule has 6 heteroatoms. The highest BCUT2D eigenvalue weighted by atomic mass is 35.5. The summed E-state index contributed by atoms with van der Waals surface area (Å²) in [7, 11) is 1.31. The van der Waals surface area contributed by atoms with Crippen molar-refractivity contribution in [3.05, 3.63) is 34.4 Å². The van der Waals surface area contributed by atoms with Crippen molar-refractivity contribution in [1.29, 1.82) is 0 Å². The largest absolute Gasteiger partial charge is 0.469 e. The van der Waals surface area contributed by atoms with E-state index in [0.29, 0.717) is 12.0 Å². The number of nitrogens with two attached hydrogens (primary N) is 1. The van der Waals surface area contributed by atoms with Crippen LogP contribution in [-0.4, -0.2) is 13.1 Å². The Labute approximate surface area is 122 Å².